The number of hydrogen-bond donors (Lipinski definition) is 2. The minimum Gasteiger partial charge on any atom is -0.479 e. The van der Waals surface area contributed by atoms with E-state index in [0.29, 0.717) is 5.82 Å². The fourth-order valence-corrected chi connectivity index (χ4v) is 1.40. The molecule has 0 spiro atoms. The smallest absolute Gasteiger partial charge is 0.334 e. The summed E-state index contributed by atoms with van der Waals surface area (Å²) in [6.45, 7) is 0.163. The zero-order chi connectivity index (χ0) is 12.0. The van der Waals surface area contributed by atoms with Crippen LogP contribution in [0.25, 0.3) is 0 Å². The molecule has 0 bridgehead atoms. The SMILES string of the molecule is COC(CNc1cc(SC)ncn1)C(=O)O. The van der Waals surface area contributed by atoms with Gasteiger partial charge in [-0.05, 0) is 6.26 Å². The number of carbonyl (C=O) groups is 1. The monoisotopic (exact) mass is 243 g/mol. The van der Waals surface area contributed by atoms with Crippen LogP contribution in [-0.2, 0) is 9.53 Å². The molecule has 1 unspecified atom stereocenters. The highest BCUT2D eigenvalue weighted by atomic mass is 32.2. The maximum Gasteiger partial charge on any atom is 0.334 e. The van der Waals surface area contributed by atoms with Crippen LogP contribution in [0, 0.1) is 0 Å². The molecule has 0 radical (unpaired) electrons. The fraction of sp³-hybridized carbons (Fsp3) is 0.444. The van der Waals surface area contributed by atoms with Crippen LogP contribution in [-0.4, -0.2) is 47.1 Å². The molecule has 0 aliphatic rings. The molecule has 16 heavy (non-hydrogen) atoms. The third-order valence-electron chi connectivity index (χ3n) is 1.88. The topological polar surface area (TPSA) is 84.3 Å². The molecule has 1 heterocycles. The highest BCUT2D eigenvalue weighted by Crippen LogP contribution is 2.13. The van der Waals surface area contributed by atoms with Crippen molar-refractivity contribution in [1.82, 2.24) is 9.97 Å². The fourth-order valence-electron chi connectivity index (χ4n) is 1.02. The highest BCUT2D eigenvalue weighted by molar-refractivity contribution is 7.98. The summed E-state index contributed by atoms with van der Waals surface area (Å²) in [6.07, 6.45) is 2.45. The van der Waals surface area contributed by atoms with Crippen molar-refractivity contribution < 1.29 is 14.6 Å². The molecule has 88 valence electrons. The summed E-state index contributed by atoms with van der Waals surface area (Å²) < 4.78 is 4.78. The van der Waals surface area contributed by atoms with Crippen LogP contribution in [0.5, 0.6) is 0 Å². The maximum absolute atomic E-state index is 10.7. The summed E-state index contributed by atoms with van der Waals surface area (Å²) in [5.74, 6) is -0.420. The van der Waals surface area contributed by atoms with Crippen LogP contribution in [0.3, 0.4) is 0 Å². The minimum atomic E-state index is -1.01. The normalized spacial score (nSPS) is 12.1. The van der Waals surface area contributed by atoms with Gasteiger partial charge in [0.1, 0.15) is 17.2 Å². The van der Waals surface area contributed by atoms with Crippen LogP contribution in [0.1, 0.15) is 0 Å². The highest BCUT2D eigenvalue weighted by Gasteiger charge is 2.15. The molecule has 0 amide bonds. The van der Waals surface area contributed by atoms with Gasteiger partial charge in [0.2, 0.25) is 0 Å². The second kappa shape index (κ2) is 6.29. The molecule has 0 aliphatic heterocycles. The van der Waals surface area contributed by atoms with E-state index < -0.39 is 12.1 Å². The predicted molar refractivity (Wildman–Crippen MR) is 60.7 cm³/mol. The zero-order valence-electron chi connectivity index (χ0n) is 9.01. The van der Waals surface area contributed by atoms with E-state index in [-0.39, 0.29) is 6.54 Å². The van der Waals surface area contributed by atoms with Gasteiger partial charge in [-0.2, -0.15) is 0 Å². The summed E-state index contributed by atoms with van der Waals surface area (Å²) in [5.41, 5.74) is 0. The van der Waals surface area contributed by atoms with Crippen molar-refractivity contribution in [2.24, 2.45) is 0 Å². The van der Waals surface area contributed by atoms with Crippen molar-refractivity contribution >= 4 is 23.5 Å². The lowest BCUT2D eigenvalue weighted by Gasteiger charge is -2.11. The Morgan fingerprint density at radius 2 is 2.44 bits per heavy atom. The third kappa shape index (κ3) is 3.67. The van der Waals surface area contributed by atoms with E-state index >= 15 is 0 Å². The molecule has 6 nitrogen and oxygen atoms in total. The average molecular weight is 243 g/mol. The van der Waals surface area contributed by atoms with E-state index in [4.69, 9.17) is 9.84 Å². The van der Waals surface area contributed by atoms with Gasteiger partial charge in [0, 0.05) is 13.2 Å². The lowest BCUT2D eigenvalue weighted by Crippen LogP contribution is -2.30. The van der Waals surface area contributed by atoms with Crippen LogP contribution in [0.15, 0.2) is 17.4 Å². The van der Waals surface area contributed by atoms with Gasteiger partial charge in [-0.15, -0.1) is 11.8 Å². The molecular weight excluding hydrogens is 230 g/mol. The molecule has 0 fully saturated rings. The first-order chi connectivity index (χ1) is 7.67. The van der Waals surface area contributed by atoms with Crippen molar-refractivity contribution in [1.29, 1.82) is 0 Å². The number of aromatic nitrogens is 2. The van der Waals surface area contributed by atoms with Crippen LogP contribution < -0.4 is 5.32 Å². The molecule has 0 aromatic carbocycles. The van der Waals surface area contributed by atoms with Crippen molar-refractivity contribution in [2.75, 3.05) is 25.2 Å². The summed E-state index contributed by atoms with van der Waals surface area (Å²) in [5, 5.41) is 12.5. The number of carboxylic acids is 1. The largest absolute Gasteiger partial charge is 0.479 e. The van der Waals surface area contributed by atoms with E-state index in [1.54, 1.807) is 6.07 Å². The lowest BCUT2D eigenvalue weighted by molar-refractivity contribution is -0.147. The van der Waals surface area contributed by atoms with Gasteiger partial charge in [-0.3, -0.25) is 0 Å². The summed E-state index contributed by atoms with van der Waals surface area (Å²) >= 11 is 1.49. The Morgan fingerprint density at radius 1 is 1.69 bits per heavy atom. The number of ether oxygens (including phenoxy) is 1. The molecule has 0 saturated heterocycles. The number of methoxy groups -OCH3 is 1. The van der Waals surface area contributed by atoms with Crippen LogP contribution >= 0.6 is 11.8 Å². The van der Waals surface area contributed by atoms with E-state index in [9.17, 15) is 4.79 Å². The summed E-state index contributed by atoms with van der Waals surface area (Å²) in [6, 6.07) is 1.75. The third-order valence-corrected chi connectivity index (χ3v) is 2.52. The van der Waals surface area contributed by atoms with Crippen molar-refractivity contribution in [3.8, 4) is 0 Å². The number of aliphatic carboxylic acids is 1. The second-order valence-electron chi connectivity index (χ2n) is 2.89. The first-order valence-corrected chi connectivity index (χ1v) is 5.75. The Balaban J connectivity index is 2.56. The number of carboxylic acid groups (broad SMARTS) is 1. The second-order valence-corrected chi connectivity index (χ2v) is 3.72. The van der Waals surface area contributed by atoms with Gasteiger partial charge in [0.15, 0.2) is 6.10 Å². The Morgan fingerprint density at radius 3 is 3.00 bits per heavy atom. The first-order valence-electron chi connectivity index (χ1n) is 4.53. The number of nitrogens with one attached hydrogen (secondary N) is 1. The molecule has 1 atom stereocenters. The van der Waals surface area contributed by atoms with Crippen molar-refractivity contribution in [3.63, 3.8) is 0 Å². The summed E-state index contributed by atoms with van der Waals surface area (Å²) in [4.78, 5) is 18.6. The molecule has 0 saturated carbocycles. The zero-order valence-corrected chi connectivity index (χ0v) is 9.82. The molecule has 1 rings (SSSR count). The Bertz CT molecular complexity index is 362. The predicted octanol–water partition coefficient (Wildman–Crippen LogP) is 0.710. The first kappa shape index (κ1) is 12.7. The van der Waals surface area contributed by atoms with Crippen molar-refractivity contribution in [2.45, 2.75) is 11.1 Å². The van der Waals surface area contributed by atoms with Gasteiger partial charge >= 0.3 is 5.97 Å². The number of rotatable bonds is 6. The molecule has 1 aromatic heterocycles. The Labute approximate surface area is 97.4 Å². The molecule has 7 heteroatoms. The molecule has 2 N–H and O–H groups in total. The Kier molecular flexibility index (Phi) is 5.00. The maximum atomic E-state index is 10.7. The number of anilines is 1. The quantitative estimate of drug-likeness (QED) is 0.562. The van der Waals surface area contributed by atoms with Gasteiger partial charge in [-0.1, -0.05) is 0 Å². The van der Waals surface area contributed by atoms with Crippen LogP contribution in [0.4, 0.5) is 5.82 Å². The van der Waals surface area contributed by atoms with E-state index in [1.807, 2.05) is 6.26 Å². The molecule has 1 aromatic rings. The van der Waals surface area contributed by atoms with E-state index in [1.165, 1.54) is 25.2 Å². The molecule has 0 aliphatic carbocycles. The molecular formula is C9H13N3O3S. The van der Waals surface area contributed by atoms with Gasteiger partial charge < -0.3 is 15.2 Å². The van der Waals surface area contributed by atoms with Gasteiger partial charge in [-0.25, -0.2) is 14.8 Å². The van der Waals surface area contributed by atoms with Gasteiger partial charge in [0.05, 0.1) is 6.54 Å². The minimum absolute atomic E-state index is 0.163. The van der Waals surface area contributed by atoms with Crippen LogP contribution in [0.2, 0.25) is 0 Å². The van der Waals surface area contributed by atoms with E-state index in [0.717, 1.165) is 5.03 Å². The summed E-state index contributed by atoms with van der Waals surface area (Å²) in [7, 11) is 1.35. The lowest BCUT2D eigenvalue weighted by atomic mass is 10.3. The number of thioether (sulfide) groups is 1. The van der Waals surface area contributed by atoms with E-state index in [2.05, 4.69) is 15.3 Å². The standard InChI is InChI=1S/C9H13N3O3S/c1-15-6(9(13)14)4-10-7-3-8(16-2)12-5-11-7/h3,5-6H,4H2,1-2H3,(H,13,14)(H,10,11,12). The number of nitrogens with zero attached hydrogens (tertiary/aromatic N) is 2. The number of hydrogen-bond acceptors (Lipinski definition) is 6. The van der Waals surface area contributed by atoms with Crippen molar-refractivity contribution in [3.05, 3.63) is 12.4 Å². The van der Waals surface area contributed by atoms with Gasteiger partial charge in [0.25, 0.3) is 0 Å². The average Bonchev–Trinajstić information content (AvgIpc) is 2.29. The Hall–Kier alpha value is -1.34.